The number of nitrogens with one attached hydrogen (secondary N) is 1. The zero-order chi connectivity index (χ0) is 25.1. The summed E-state index contributed by atoms with van der Waals surface area (Å²) in [6.07, 6.45) is 10.2. The Kier molecular flexibility index (Phi) is 12.4. The first-order valence-electron chi connectivity index (χ1n) is 12.5. The van der Waals surface area contributed by atoms with Crippen LogP contribution in [-0.4, -0.2) is 60.2 Å². The Labute approximate surface area is 208 Å². The number of thiocarbonyl (C=S) groups is 1. The van der Waals surface area contributed by atoms with Gasteiger partial charge in [0.25, 0.3) is 0 Å². The molecule has 1 aromatic carbocycles. The maximum Gasteiger partial charge on any atom is 0.169 e. The lowest BCUT2D eigenvalue weighted by Gasteiger charge is -2.39. The Morgan fingerprint density at radius 2 is 1.85 bits per heavy atom. The summed E-state index contributed by atoms with van der Waals surface area (Å²) >= 11 is 5.21. The third kappa shape index (κ3) is 8.86. The summed E-state index contributed by atoms with van der Waals surface area (Å²) in [5, 5.41) is 4.03. The first-order valence-corrected chi connectivity index (χ1v) is 12.9. The minimum atomic E-state index is -1.16. The van der Waals surface area contributed by atoms with Crippen molar-refractivity contribution < 1.29 is 13.2 Å². The highest BCUT2D eigenvalue weighted by Gasteiger charge is 2.29. The van der Waals surface area contributed by atoms with Crippen molar-refractivity contribution in [3.8, 4) is 0 Å². The first kappa shape index (κ1) is 28.6. The van der Waals surface area contributed by atoms with Gasteiger partial charge >= 0.3 is 0 Å². The van der Waals surface area contributed by atoms with Gasteiger partial charge < -0.3 is 20.9 Å². The number of halogens is 3. The van der Waals surface area contributed by atoms with Crippen LogP contribution in [0.2, 0.25) is 0 Å². The molecule has 192 valence electrons. The third-order valence-corrected chi connectivity index (χ3v) is 7.27. The van der Waals surface area contributed by atoms with Gasteiger partial charge in [-0.3, -0.25) is 0 Å². The van der Waals surface area contributed by atoms with Gasteiger partial charge in [0.05, 0.1) is 0 Å². The molecule has 0 aliphatic carbocycles. The maximum absolute atomic E-state index is 13.7. The Morgan fingerprint density at radius 3 is 2.50 bits per heavy atom. The van der Waals surface area contributed by atoms with Crippen molar-refractivity contribution in [1.82, 2.24) is 15.1 Å². The molecule has 2 heterocycles. The average Bonchev–Trinajstić information content (AvgIpc) is 2.83. The molecule has 3 unspecified atom stereocenters. The zero-order valence-electron chi connectivity index (χ0n) is 20.7. The average molecular weight is 499 g/mol. The summed E-state index contributed by atoms with van der Waals surface area (Å²) in [6.45, 7) is 9.77. The van der Waals surface area contributed by atoms with Gasteiger partial charge in [0.15, 0.2) is 16.7 Å². The molecule has 0 spiro atoms. The fourth-order valence-electron chi connectivity index (χ4n) is 4.77. The van der Waals surface area contributed by atoms with Crippen molar-refractivity contribution in [2.75, 3.05) is 33.2 Å². The monoisotopic (exact) mass is 498 g/mol. The van der Waals surface area contributed by atoms with Crippen LogP contribution in [0.25, 0.3) is 0 Å². The van der Waals surface area contributed by atoms with E-state index in [0.29, 0.717) is 18.0 Å². The fraction of sp³-hybridized carbons (Fsp3) is 0.654. The van der Waals surface area contributed by atoms with E-state index in [-0.39, 0.29) is 18.0 Å². The van der Waals surface area contributed by atoms with Gasteiger partial charge in [0.2, 0.25) is 0 Å². The second-order valence-corrected chi connectivity index (χ2v) is 9.84. The van der Waals surface area contributed by atoms with E-state index in [0.717, 1.165) is 63.0 Å². The molecule has 2 aliphatic heterocycles. The predicted octanol–water partition coefficient (Wildman–Crippen LogP) is 5.02. The molecule has 34 heavy (non-hydrogen) atoms. The van der Waals surface area contributed by atoms with Gasteiger partial charge in [-0.2, -0.15) is 0 Å². The van der Waals surface area contributed by atoms with Crippen molar-refractivity contribution in [3.63, 3.8) is 0 Å². The highest BCUT2D eigenvalue weighted by Crippen LogP contribution is 2.28. The number of rotatable bonds is 7. The van der Waals surface area contributed by atoms with E-state index in [1.165, 1.54) is 19.3 Å². The molecule has 3 rings (SSSR count). The molecule has 0 saturated carbocycles. The molecule has 8 heteroatoms. The quantitative estimate of drug-likeness (QED) is 0.314. The summed E-state index contributed by atoms with van der Waals surface area (Å²) < 4.78 is 40.0. The number of nitrogens with two attached hydrogens (primary N) is 1. The van der Waals surface area contributed by atoms with Crippen molar-refractivity contribution in [2.24, 2.45) is 11.7 Å². The lowest BCUT2D eigenvalue weighted by molar-refractivity contribution is 0.120. The first-order chi connectivity index (χ1) is 16.3. The maximum atomic E-state index is 13.7. The normalized spacial score (nSPS) is 21.9. The van der Waals surface area contributed by atoms with E-state index in [1.807, 2.05) is 6.08 Å². The van der Waals surface area contributed by atoms with E-state index < -0.39 is 17.5 Å². The van der Waals surface area contributed by atoms with Crippen LogP contribution in [0.15, 0.2) is 24.8 Å². The zero-order valence-corrected chi connectivity index (χ0v) is 21.5. The SMILES string of the molecule is C=CCNC(=S)N1CCCCC1.CCCC1CC(C(N)Cc2cc(F)c(F)cc2F)CCN1C. The van der Waals surface area contributed by atoms with Crippen molar-refractivity contribution in [3.05, 3.63) is 47.8 Å². The molecule has 0 amide bonds. The second kappa shape index (κ2) is 14.7. The van der Waals surface area contributed by atoms with Gasteiger partial charge in [-0.05, 0) is 88.3 Å². The van der Waals surface area contributed by atoms with Crippen LogP contribution in [0.4, 0.5) is 13.2 Å². The highest BCUT2D eigenvalue weighted by molar-refractivity contribution is 7.80. The Balaban J connectivity index is 0.000000287. The summed E-state index contributed by atoms with van der Waals surface area (Å²) in [4.78, 5) is 4.59. The molecule has 0 bridgehead atoms. The molecule has 0 aromatic heterocycles. The summed E-state index contributed by atoms with van der Waals surface area (Å²) in [6, 6.07) is 1.81. The molecular weight excluding hydrogens is 457 g/mol. The molecule has 3 N–H and O–H groups in total. The third-order valence-electron chi connectivity index (χ3n) is 6.86. The van der Waals surface area contributed by atoms with Crippen LogP contribution in [0.5, 0.6) is 0 Å². The van der Waals surface area contributed by atoms with Crippen molar-refractivity contribution in [1.29, 1.82) is 0 Å². The minimum absolute atomic E-state index is 0.164. The van der Waals surface area contributed by atoms with Crippen molar-refractivity contribution in [2.45, 2.75) is 70.4 Å². The van der Waals surface area contributed by atoms with Gasteiger partial charge in [-0.1, -0.05) is 19.4 Å². The summed E-state index contributed by atoms with van der Waals surface area (Å²) in [7, 11) is 2.12. The number of hydrogen-bond acceptors (Lipinski definition) is 3. The minimum Gasteiger partial charge on any atom is -0.359 e. The van der Waals surface area contributed by atoms with Gasteiger partial charge in [-0.15, -0.1) is 6.58 Å². The molecule has 1 aromatic rings. The van der Waals surface area contributed by atoms with Gasteiger partial charge in [0, 0.05) is 37.8 Å². The van der Waals surface area contributed by atoms with E-state index in [1.54, 1.807) is 0 Å². The second-order valence-electron chi connectivity index (χ2n) is 9.46. The Hall–Kier alpha value is -1.64. The van der Waals surface area contributed by atoms with E-state index in [4.69, 9.17) is 18.0 Å². The molecule has 2 fully saturated rings. The van der Waals surface area contributed by atoms with Crippen LogP contribution in [0.1, 0.15) is 57.4 Å². The lowest BCUT2D eigenvalue weighted by Crippen LogP contribution is -2.45. The van der Waals surface area contributed by atoms with Gasteiger partial charge in [-0.25, -0.2) is 13.2 Å². The number of nitrogens with zero attached hydrogens (tertiary/aromatic N) is 2. The molecule has 4 nitrogen and oxygen atoms in total. The standard InChI is InChI=1S/C17H25F3N2.C9H16N2S/c1-3-4-13-7-11(5-6-22(13)2)17(21)9-12-8-15(19)16(20)10-14(12)18;1-2-6-10-9(12)11-7-4-3-5-8-11/h8,10-11,13,17H,3-7,9,21H2,1-2H3;2H,1,3-8H2,(H,10,12). The molecular formula is C26H41F3N4S. The van der Waals surface area contributed by atoms with Crippen LogP contribution < -0.4 is 11.1 Å². The van der Waals surface area contributed by atoms with Crippen LogP contribution in [0, 0.1) is 23.4 Å². The Morgan fingerprint density at radius 1 is 1.18 bits per heavy atom. The largest absolute Gasteiger partial charge is 0.359 e. The fourth-order valence-corrected chi connectivity index (χ4v) is 5.03. The van der Waals surface area contributed by atoms with Gasteiger partial charge in [0.1, 0.15) is 5.82 Å². The van der Waals surface area contributed by atoms with Crippen molar-refractivity contribution >= 4 is 17.3 Å². The van der Waals surface area contributed by atoms with Crippen LogP contribution in [-0.2, 0) is 6.42 Å². The highest BCUT2D eigenvalue weighted by atomic mass is 32.1. The predicted molar refractivity (Wildman–Crippen MR) is 138 cm³/mol. The van der Waals surface area contributed by atoms with E-state index in [9.17, 15) is 13.2 Å². The lowest BCUT2D eigenvalue weighted by atomic mass is 9.82. The number of likely N-dealkylation sites (tertiary alicyclic amines) is 2. The summed E-state index contributed by atoms with van der Waals surface area (Å²) in [5.74, 6) is -2.60. The molecule has 2 saturated heterocycles. The molecule has 2 aliphatic rings. The van der Waals surface area contributed by atoms with Crippen LogP contribution >= 0.6 is 12.2 Å². The number of hydrogen-bond donors (Lipinski definition) is 2. The molecule has 3 atom stereocenters. The van der Waals surface area contributed by atoms with E-state index >= 15 is 0 Å². The van der Waals surface area contributed by atoms with E-state index in [2.05, 4.69) is 35.7 Å². The smallest absolute Gasteiger partial charge is 0.169 e. The molecule has 0 radical (unpaired) electrons. The summed E-state index contributed by atoms with van der Waals surface area (Å²) in [5.41, 5.74) is 6.40. The topological polar surface area (TPSA) is 44.5 Å². The number of benzene rings is 1. The number of piperidine rings is 2. The Bertz CT molecular complexity index is 786. The van der Waals surface area contributed by atoms with Crippen LogP contribution in [0.3, 0.4) is 0 Å².